The third-order valence-corrected chi connectivity index (χ3v) is 28.4. The standard InChI is InChI=1S/C98H158N4O2S4/c1-5-9-13-17-21-25-29-33-35-37-39-43-47-51-55-58-66-83(65-57-53-49-45-41-31-27-23-19-15-11-7-3)69-61-77-101-95(93-72-64-80-106-93)99-87-81-86-88(82-85(87)97(101)103)100-96(94-76-75-92(108-94)91-74-73-90(107-91)89-71-63-79-105-89)102(98(86)104)78-62-70-84(67-59-54-50-46-42-32-28-24-20-16-12-8-4)68-60-56-52-48-44-40-38-36-34-30-26-22-18-14-10-6-2/h63-64,71-76,79-84H,5-62,65-70,77-78H2,1-4H3. The molecule has 0 aliphatic rings. The van der Waals surface area contributed by atoms with Crippen LogP contribution in [0.5, 0.6) is 0 Å². The number of benzene rings is 1. The monoisotopic (exact) mass is 1550 g/mol. The third kappa shape index (κ3) is 37.1. The van der Waals surface area contributed by atoms with Crippen LogP contribution in [0.1, 0.15) is 439 Å². The normalized spacial score (nSPS) is 12.5. The zero-order valence-corrected chi connectivity index (χ0v) is 73.3. The molecular weight excluding hydrogens is 1390 g/mol. The van der Waals surface area contributed by atoms with Crippen LogP contribution in [-0.2, 0) is 13.1 Å². The van der Waals surface area contributed by atoms with Crippen LogP contribution in [0.4, 0.5) is 0 Å². The van der Waals surface area contributed by atoms with E-state index in [1.807, 2.05) is 32.6 Å². The molecule has 0 aliphatic carbocycles. The molecule has 7 rings (SSSR count). The fourth-order valence-electron chi connectivity index (χ4n) is 17.2. The summed E-state index contributed by atoms with van der Waals surface area (Å²) in [4.78, 5) is 49.0. The summed E-state index contributed by atoms with van der Waals surface area (Å²) in [5, 5.41) is 5.37. The van der Waals surface area contributed by atoms with Gasteiger partial charge in [0.1, 0.15) is 0 Å². The summed E-state index contributed by atoms with van der Waals surface area (Å²) >= 11 is 7.01. The highest BCUT2D eigenvalue weighted by atomic mass is 32.1. The molecule has 6 nitrogen and oxygen atoms in total. The van der Waals surface area contributed by atoms with Crippen molar-refractivity contribution in [3.05, 3.63) is 92.1 Å². The molecule has 0 N–H and O–H groups in total. The number of fused-ring (bicyclic) bond motifs is 2. The van der Waals surface area contributed by atoms with Crippen molar-refractivity contribution < 1.29 is 0 Å². The molecule has 0 saturated carbocycles. The molecule has 6 heterocycles. The van der Waals surface area contributed by atoms with Crippen LogP contribution in [0.25, 0.3) is 62.7 Å². The van der Waals surface area contributed by atoms with E-state index in [1.54, 1.807) is 34.0 Å². The van der Waals surface area contributed by atoms with E-state index in [2.05, 4.69) is 87.0 Å². The van der Waals surface area contributed by atoms with E-state index in [4.69, 9.17) is 9.97 Å². The van der Waals surface area contributed by atoms with E-state index < -0.39 is 0 Å². The Balaban J connectivity index is 1.04. The largest absolute Gasteiger partial charge is 0.291 e. The van der Waals surface area contributed by atoms with Gasteiger partial charge in [-0.2, -0.15) is 0 Å². The Kier molecular flexibility index (Phi) is 50.8. The summed E-state index contributed by atoms with van der Waals surface area (Å²) in [5.74, 6) is 2.79. The molecule has 2 unspecified atom stereocenters. The molecule has 0 radical (unpaired) electrons. The van der Waals surface area contributed by atoms with E-state index in [1.165, 1.54) is 405 Å². The summed E-state index contributed by atoms with van der Waals surface area (Å²) in [6, 6.07) is 21.3. The number of rotatable bonds is 72. The maximum Gasteiger partial charge on any atom is 0.261 e. The highest BCUT2D eigenvalue weighted by Crippen LogP contribution is 2.42. The van der Waals surface area contributed by atoms with Crippen LogP contribution >= 0.6 is 45.3 Å². The van der Waals surface area contributed by atoms with Crippen molar-refractivity contribution in [1.29, 1.82) is 0 Å². The van der Waals surface area contributed by atoms with Crippen molar-refractivity contribution in [2.45, 2.75) is 452 Å². The molecule has 1 aromatic carbocycles. The minimum atomic E-state index is -0.0227. The number of unbranched alkanes of at least 4 members (excludes halogenated alkanes) is 52. The molecule has 606 valence electrons. The maximum absolute atomic E-state index is 15.6. The Hall–Kier alpha value is -3.70. The van der Waals surface area contributed by atoms with Gasteiger partial charge in [-0.1, -0.05) is 425 Å². The maximum atomic E-state index is 15.6. The minimum absolute atomic E-state index is 0.0191. The van der Waals surface area contributed by atoms with E-state index in [-0.39, 0.29) is 11.1 Å². The summed E-state index contributed by atoms with van der Waals surface area (Å²) in [5.41, 5.74) is 1.14. The van der Waals surface area contributed by atoms with Crippen LogP contribution < -0.4 is 11.1 Å². The molecule has 0 amide bonds. The molecule has 0 bridgehead atoms. The molecule has 7 aromatic rings. The number of thiophene rings is 4. The van der Waals surface area contributed by atoms with Crippen LogP contribution in [0.15, 0.2) is 81.0 Å². The quantitative estimate of drug-likeness (QED) is 0.0281. The number of nitrogens with zero attached hydrogens (tertiary/aromatic N) is 4. The number of aromatic nitrogens is 4. The predicted molar refractivity (Wildman–Crippen MR) is 484 cm³/mol. The Bertz CT molecular complexity index is 3410. The van der Waals surface area contributed by atoms with Gasteiger partial charge in [-0.05, 0) is 96.8 Å². The summed E-state index contributed by atoms with van der Waals surface area (Å²) in [7, 11) is 0. The second-order valence-electron chi connectivity index (χ2n) is 33.5. The fraction of sp³-hybridized carbons (Fsp3) is 0.735. The minimum Gasteiger partial charge on any atom is -0.291 e. The molecule has 108 heavy (non-hydrogen) atoms. The van der Waals surface area contributed by atoms with Gasteiger partial charge in [-0.3, -0.25) is 18.7 Å². The second-order valence-corrected chi connectivity index (χ2v) is 37.6. The Morgan fingerprint density at radius 2 is 0.500 bits per heavy atom. The van der Waals surface area contributed by atoms with Gasteiger partial charge in [0.2, 0.25) is 0 Å². The highest BCUT2D eigenvalue weighted by molar-refractivity contribution is 7.27. The summed E-state index contributed by atoms with van der Waals surface area (Å²) in [6.45, 7) is 10.5. The lowest BCUT2D eigenvalue weighted by molar-refractivity contribution is 0.362. The molecule has 0 aliphatic heterocycles. The van der Waals surface area contributed by atoms with Gasteiger partial charge in [0.25, 0.3) is 11.1 Å². The average molecular weight is 1550 g/mol. The molecule has 10 heteroatoms. The fourth-order valence-corrected chi connectivity index (χ4v) is 20.9. The molecule has 0 fully saturated rings. The van der Waals surface area contributed by atoms with Crippen molar-refractivity contribution in [1.82, 2.24) is 19.1 Å². The van der Waals surface area contributed by atoms with E-state index >= 15 is 9.59 Å². The Morgan fingerprint density at radius 3 is 0.778 bits per heavy atom. The first-order chi connectivity index (χ1) is 53.4. The van der Waals surface area contributed by atoms with E-state index in [9.17, 15) is 0 Å². The van der Waals surface area contributed by atoms with Gasteiger partial charge in [0.15, 0.2) is 11.6 Å². The number of hydrogen-bond acceptors (Lipinski definition) is 8. The van der Waals surface area contributed by atoms with Gasteiger partial charge >= 0.3 is 0 Å². The second kappa shape index (κ2) is 59.9. The van der Waals surface area contributed by atoms with Crippen LogP contribution in [-0.4, -0.2) is 19.1 Å². The van der Waals surface area contributed by atoms with Crippen molar-refractivity contribution in [2.75, 3.05) is 0 Å². The lowest BCUT2D eigenvalue weighted by atomic mass is 9.90. The van der Waals surface area contributed by atoms with Crippen molar-refractivity contribution in [2.24, 2.45) is 11.8 Å². The van der Waals surface area contributed by atoms with Gasteiger partial charge in [-0.15, -0.1) is 45.3 Å². The summed E-state index contributed by atoms with van der Waals surface area (Å²) in [6.07, 6.45) is 87.2. The molecule has 0 saturated heterocycles. The first-order valence-corrected chi connectivity index (χ1v) is 50.1. The van der Waals surface area contributed by atoms with Crippen molar-refractivity contribution >= 4 is 67.2 Å². The number of hydrogen-bond donors (Lipinski definition) is 0. The zero-order chi connectivity index (χ0) is 75.8. The Morgan fingerprint density at radius 1 is 0.269 bits per heavy atom. The van der Waals surface area contributed by atoms with E-state index in [0.717, 1.165) is 47.1 Å². The summed E-state index contributed by atoms with van der Waals surface area (Å²) < 4.78 is 4.00. The first-order valence-electron chi connectivity index (χ1n) is 46.7. The smallest absolute Gasteiger partial charge is 0.261 e. The van der Waals surface area contributed by atoms with Gasteiger partial charge < -0.3 is 0 Å². The highest BCUT2D eigenvalue weighted by Gasteiger charge is 2.22. The zero-order valence-electron chi connectivity index (χ0n) is 70.0. The van der Waals surface area contributed by atoms with Crippen LogP contribution in [0.3, 0.4) is 0 Å². The van der Waals surface area contributed by atoms with E-state index in [0.29, 0.717) is 46.7 Å². The van der Waals surface area contributed by atoms with Gasteiger partial charge in [0.05, 0.1) is 31.6 Å². The average Bonchev–Trinajstić information content (AvgIpc) is 0.808. The first kappa shape index (κ1) is 91.5. The Labute approximate surface area is 677 Å². The molecular formula is C98H158N4O2S4. The van der Waals surface area contributed by atoms with Gasteiger partial charge in [-0.25, -0.2) is 9.97 Å². The molecule has 0 spiro atoms. The van der Waals surface area contributed by atoms with Crippen molar-refractivity contribution in [3.8, 4) is 40.9 Å². The van der Waals surface area contributed by atoms with Crippen LogP contribution in [0, 0.1) is 11.8 Å². The van der Waals surface area contributed by atoms with Crippen molar-refractivity contribution in [3.63, 3.8) is 0 Å². The molecule has 2 atom stereocenters. The third-order valence-electron chi connectivity index (χ3n) is 24.1. The molecule has 6 aromatic heterocycles. The van der Waals surface area contributed by atoms with Crippen LogP contribution in [0.2, 0.25) is 0 Å². The van der Waals surface area contributed by atoms with Gasteiger partial charge in [0, 0.05) is 32.6 Å². The lowest BCUT2D eigenvalue weighted by Gasteiger charge is -2.19. The SMILES string of the molecule is CCCCCCCCCCCCCCCCCCC(CCCCCCCCCCCCCC)CCCn1c(-c2cccs2)nc2cc3c(=O)n(CCCC(CCCCCCCCCCCCCC)CCCCCCCCCCCCCCCCCC)c(-c4ccc(-c5ccc(-c6cccs6)s5)s4)nc3cc2c1=O. The predicted octanol–water partition coefficient (Wildman–Crippen LogP) is 34.3. The topological polar surface area (TPSA) is 69.8 Å². The lowest BCUT2D eigenvalue weighted by Crippen LogP contribution is -2.26.